The third-order valence-corrected chi connectivity index (χ3v) is 13.0. The van der Waals surface area contributed by atoms with Crippen molar-refractivity contribution in [2.75, 3.05) is 54.9 Å². The molecule has 0 bridgehead atoms. The van der Waals surface area contributed by atoms with Gasteiger partial charge in [0.1, 0.15) is 6.17 Å². The first-order chi connectivity index (χ1) is 28.1. The number of benzene rings is 2. The Morgan fingerprint density at radius 3 is 2.57 bits per heavy atom. The first-order valence-corrected chi connectivity index (χ1v) is 20.5. The summed E-state index contributed by atoms with van der Waals surface area (Å²) < 4.78 is 15.1. The quantitative estimate of drug-likeness (QED) is 0.161. The number of imide groups is 1. The summed E-state index contributed by atoms with van der Waals surface area (Å²) in [5.41, 5.74) is 9.17. The number of anilines is 4. The van der Waals surface area contributed by atoms with Gasteiger partial charge in [0.25, 0.3) is 5.91 Å². The smallest absolute Gasteiger partial charge is 0.271 e. The zero-order chi connectivity index (χ0) is 39.7. The second-order valence-corrected chi connectivity index (χ2v) is 16.9. The number of hydrogen-bond acceptors (Lipinski definition) is 10. The summed E-state index contributed by atoms with van der Waals surface area (Å²) in [6, 6.07) is 18.1. The molecule has 3 saturated heterocycles. The molecular formula is C43H44ClFN10O3. The summed E-state index contributed by atoms with van der Waals surface area (Å²) in [5, 5.41) is 13.8. The van der Waals surface area contributed by atoms with Crippen LogP contribution >= 0.6 is 11.6 Å². The lowest BCUT2D eigenvalue weighted by Gasteiger charge is -2.54. The van der Waals surface area contributed by atoms with Crippen molar-refractivity contribution in [3.05, 3.63) is 94.4 Å². The van der Waals surface area contributed by atoms with E-state index in [2.05, 4.69) is 72.0 Å². The van der Waals surface area contributed by atoms with Crippen molar-refractivity contribution < 1.29 is 18.8 Å². The summed E-state index contributed by atoms with van der Waals surface area (Å²) in [7, 11) is 1.81. The highest BCUT2D eigenvalue weighted by atomic mass is 35.5. The number of carbonyl (C=O) groups excluding carboxylic acids is 3. The standard InChI is InChI=1S/C43H44ClFN10O3/c1-46-35-19-38(51-55-37(21-48-40(35)55)42(58)49-34-18-32(34)45)54-14-11-29-28(3-2-4-36(29)54)33-9-6-26(20-47-33)53-15-12-43(13-16-53)23-52(24-43)22-25-5-7-27(31(44)17-25)30-8-10-39(56)50-41(30)57/h2-7,9,17,19-21,30,32,34,46H,8,10-16,18,22-24H2,1H3,(H,49,58)(H,50,56,57)/t30?,32-,34+/m0/s1. The predicted octanol–water partition coefficient (Wildman–Crippen LogP) is 5.64. The topological polar surface area (TPSA) is 140 Å². The summed E-state index contributed by atoms with van der Waals surface area (Å²) in [4.78, 5) is 53.5. The molecule has 1 unspecified atom stereocenters. The van der Waals surface area contributed by atoms with Crippen LogP contribution in [0.4, 0.5) is 27.3 Å². The van der Waals surface area contributed by atoms with Gasteiger partial charge in [0, 0.05) is 81.5 Å². The Kier molecular flexibility index (Phi) is 9.08. The van der Waals surface area contributed by atoms with Gasteiger partial charge in [-0.25, -0.2) is 13.9 Å². The van der Waals surface area contributed by atoms with Crippen LogP contribution in [0.3, 0.4) is 0 Å². The fourth-order valence-electron chi connectivity index (χ4n) is 9.40. The number of fused-ring (bicyclic) bond motifs is 2. The molecule has 3 atom stereocenters. The third kappa shape index (κ3) is 6.61. The van der Waals surface area contributed by atoms with Crippen molar-refractivity contribution in [1.82, 2.24) is 35.1 Å². The van der Waals surface area contributed by atoms with E-state index in [1.807, 2.05) is 31.4 Å². The zero-order valence-corrected chi connectivity index (χ0v) is 32.9. The van der Waals surface area contributed by atoms with E-state index in [0.717, 1.165) is 91.4 Å². The van der Waals surface area contributed by atoms with E-state index < -0.39 is 18.1 Å². The average molecular weight is 803 g/mol. The number of nitrogens with zero attached hydrogens (tertiary/aromatic N) is 7. The van der Waals surface area contributed by atoms with E-state index in [1.54, 1.807) is 4.52 Å². The Labute approximate surface area is 340 Å². The maximum Gasteiger partial charge on any atom is 0.271 e. The minimum absolute atomic E-state index is 0.222. The Morgan fingerprint density at radius 2 is 1.84 bits per heavy atom. The fraction of sp³-hybridized carbons (Fsp3) is 0.395. The minimum Gasteiger partial charge on any atom is -0.385 e. The first-order valence-electron chi connectivity index (χ1n) is 20.1. The number of hydrogen-bond donors (Lipinski definition) is 3. The molecule has 3 N–H and O–H groups in total. The Morgan fingerprint density at radius 1 is 1.02 bits per heavy atom. The molecule has 58 heavy (non-hydrogen) atoms. The van der Waals surface area contributed by atoms with Gasteiger partial charge >= 0.3 is 0 Å². The van der Waals surface area contributed by atoms with Crippen LogP contribution in [0.1, 0.15) is 65.2 Å². The molecule has 10 rings (SSSR count). The average Bonchev–Trinajstić information content (AvgIpc) is 3.54. The number of likely N-dealkylation sites (tertiary alicyclic amines) is 1. The highest BCUT2D eigenvalue weighted by molar-refractivity contribution is 6.31. The summed E-state index contributed by atoms with van der Waals surface area (Å²) >= 11 is 6.65. The Hall–Kier alpha value is -5.60. The van der Waals surface area contributed by atoms with Gasteiger partial charge in [0.05, 0.1) is 41.4 Å². The fourth-order valence-corrected chi connectivity index (χ4v) is 9.73. The van der Waals surface area contributed by atoms with Gasteiger partial charge in [-0.15, -0.1) is 5.10 Å². The van der Waals surface area contributed by atoms with Gasteiger partial charge < -0.3 is 20.4 Å². The maximum atomic E-state index is 13.6. The second kappa shape index (κ2) is 14.3. The van der Waals surface area contributed by atoms with Crippen LogP contribution in [0.25, 0.3) is 16.9 Å². The number of halogens is 2. The van der Waals surface area contributed by atoms with Crippen LogP contribution in [-0.4, -0.2) is 94.2 Å². The number of piperidine rings is 2. The van der Waals surface area contributed by atoms with E-state index in [4.69, 9.17) is 21.7 Å². The van der Waals surface area contributed by atoms with Gasteiger partial charge in [-0.1, -0.05) is 35.9 Å². The Bertz CT molecular complexity index is 2460. The molecule has 1 saturated carbocycles. The molecule has 1 spiro atoms. The van der Waals surface area contributed by atoms with E-state index in [-0.39, 0.29) is 23.4 Å². The minimum atomic E-state index is -1.00. The Balaban J connectivity index is 0.777. The number of amides is 3. The first kappa shape index (κ1) is 36.7. The van der Waals surface area contributed by atoms with Crippen molar-refractivity contribution in [1.29, 1.82) is 0 Å². The van der Waals surface area contributed by atoms with Crippen LogP contribution in [-0.2, 0) is 22.6 Å². The molecule has 7 heterocycles. The lowest BCUT2D eigenvalue weighted by atomic mass is 9.72. The molecule has 1 aliphatic carbocycles. The summed E-state index contributed by atoms with van der Waals surface area (Å²) in [6.45, 7) is 5.62. The van der Waals surface area contributed by atoms with E-state index >= 15 is 0 Å². The molecule has 3 amide bonds. The lowest BCUT2D eigenvalue weighted by Crippen LogP contribution is -2.59. The van der Waals surface area contributed by atoms with Crippen molar-refractivity contribution >= 4 is 57.8 Å². The normalized spacial score (nSPS) is 22.5. The molecule has 13 nitrogen and oxygen atoms in total. The third-order valence-electron chi connectivity index (χ3n) is 12.7. The van der Waals surface area contributed by atoms with Crippen LogP contribution < -0.4 is 25.8 Å². The van der Waals surface area contributed by atoms with Crippen molar-refractivity contribution in [2.45, 2.75) is 63.2 Å². The number of imidazole rings is 1. The number of nitrogens with one attached hydrogen (secondary N) is 3. The monoisotopic (exact) mass is 802 g/mol. The van der Waals surface area contributed by atoms with Gasteiger partial charge in [0.15, 0.2) is 17.2 Å². The molecule has 3 aromatic heterocycles. The second-order valence-electron chi connectivity index (χ2n) is 16.5. The summed E-state index contributed by atoms with van der Waals surface area (Å²) in [6.07, 6.45) is 6.71. The van der Waals surface area contributed by atoms with Gasteiger partial charge in [-0.2, -0.15) is 0 Å². The SMILES string of the molecule is CNc1cc(N2CCc3c(-c4ccc(N5CCC6(CC5)CN(Cc5ccc(C7CCC(=O)NC7=O)c(Cl)c5)C6)cn4)cccc32)nn2c(C(=O)N[C@@H]3C[C@@H]3F)cnc12. The van der Waals surface area contributed by atoms with E-state index in [1.165, 1.54) is 11.8 Å². The number of alkyl halides is 1. The highest BCUT2D eigenvalue weighted by Crippen LogP contribution is 2.43. The van der Waals surface area contributed by atoms with Gasteiger partial charge in [-0.05, 0) is 72.1 Å². The number of pyridine rings is 1. The molecule has 0 radical (unpaired) electrons. The number of rotatable bonds is 9. The van der Waals surface area contributed by atoms with Crippen LogP contribution in [0, 0.1) is 5.41 Å². The van der Waals surface area contributed by atoms with Crippen LogP contribution in [0.5, 0.6) is 0 Å². The maximum absolute atomic E-state index is 13.6. The number of aromatic nitrogens is 4. The van der Waals surface area contributed by atoms with Crippen LogP contribution in [0.2, 0.25) is 5.02 Å². The molecule has 5 aromatic rings. The molecule has 4 aliphatic heterocycles. The highest BCUT2D eigenvalue weighted by Gasteiger charge is 2.45. The largest absolute Gasteiger partial charge is 0.385 e. The summed E-state index contributed by atoms with van der Waals surface area (Å²) in [5.74, 6) is -0.580. The van der Waals surface area contributed by atoms with Crippen LogP contribution in [0.15, 0.2) is 67.0 Å². The molecule has 2 aromatic carbocycles. The van der Waals surface area contributed by atoms with Crippen molar-refractivity contribution in [2.24, 2.45) is 5.41 Å². The lowest BCUT2D eigenvalue weighted by molar-refractivity contribution is -0.134. The molecule has 15 heteroatoms. The molecule has 5 aliphatic rings. The van der Waals surface area contributed by atoms with Crippen molar-refractivity contribution in [3.63, 3.8) is 0 Å². The number of carbonyl (C=O) groups is 3. The molecular weight excluding hydrogens is 759 g/mol. The van der Waals surface area contributed by atoms with Gasteiger partial charge in [-0.3, -0.25) is 29.6 Å². The molecule has 298 valence electrons. The van der Waals surface area contributed by atoms with Crippen molar-refractivity contribution in [3.8, 4) is 11.3 Å². The van der Waals surface area contributed by atoms with Gasteiger partial charge in [0.2, 0.25) is 11.8 Å². The molecule has 4 fully saturated rings. The predicted molar refractivity (Wildman–Crippen MR) is 219 cm³/mol. The van der Waals surface area contributed by atoms with E-state index in [9.17, 15) is 18.8 Å². The van der Waals surface area contributed by atoms with E-state index in [0.29, 0.717) is 47.7 Å². The zero-order valence-electron chi connectivity index (χ0n) is 32.2.